The second-order valence-electron chi connectivity index (χ2n) is 7.28. The van der Waals surface area contributed by atoms with Gasteiger partial charge in [-0.1, -0.05) is 30.7 Å². The molecule has 2 aliphatic rings. The van der Waals surface area contributed by atoms with Crippen LogP contribution in [-0.4, -0.2) is 48.9 Å². The number of aliphatic hydroxyl groups excluding tert-OH is 1. The smallest absolute Gasteiger partial charge is 0.223 e. The van der Waals surface area contributed by atoms with Crippen molar-refractivity contribution in [2.75, 3.05) is 13.7 Å². The van der Waals surface area contributed by atoms with Gasteiger partial charge in [-0.3, -0.25) is 9.59 Å². The predicted molar refractivity (Wildman–Crippen MR) is 104 cm³/mol. The van der Waals surface area contributed by atoms with E-state index in [0.717, 1.165) is 30.6 Å². The molecule has 3 N–H and O–H groups in total. The highest BCUT2D eigenvalue weighted by Gasteiger charge is 2.32. The molecule has 28 heavy (non-hydrogen) atoms. The molecule has 0 aromatic heterocycles. The first-order valence-electron chi connectivity index (χ1n) is 9.73. The molecule has 1 aliphatic heterocycles. The average molecular weight is 388 g/mol. The van der Waals surface area contributed by atoms with E-state index >= 15 is 0 Å². The number of amides is 2. The molecule has 2 amide bonds. The molecule has 7 nitrogen and oxygen atoms in total. The van der Waals surface area contributed by atoms with Gasteiger partial charge in [0.25, 0.3) is 0 Å². The van der Waals surface area contributed by atoms with E-state index in [1.807, 2.05) is 30.3 Å². The Labute approximate surface area is 165 Å². The number of hydrogen-bond donors (Lipinski definition) is 3. The minimum Gasteiger partial charge on any atom is -0.497 e. The second kappa shape index (κ2) is 9.71. The second-order valence-corrected chi connectivity index (χ2v) is 7.28. The Morgan fingerprint density at radius 1 is 1.29 bits per heavy atom. The van der Waals surface area contributed by atoms with Gasteiger partial charge in [-0.05, 0) is 30.5 Å². The molecule has 152 valence electrons. The average Bonchev–Trinajstić information content (AvgIpc) is 2.66. The quantitative estimate of drug-likeness (QED) is 0.584. The van der Waals surface area contributed by atoms with Gasteiger partial charge in [0.1, 0.15) is 11.9 Å². The van der Waals surface area contributed by atoms with Crippen molar-refractivity contribution in [2.45, 2.75) is 50.5 Å². The summed E-state index contributed by atoms with van der Waals surface area (Å²) in [5.74, 6) is 0.683. The molecule has 1 aromatic rings. The predicted octanol–water partition coefficient (Wildman–Crippen LogP) is 1.30. The molecule has 0 unspecified atom stereocenters. The number of nitrogens with one attached hydrogen (secondary N) is 2. The van der Waals surface area contributed by atoms with Crippen LogP contribution in [0.15, 0.2) is 36.4 Å². The van der Waals surface area contributed by atoms with Gasteiger partial charge in [0.15, 0.2) is 0 Å². The van der Waals surface area contributed by atoms with Crippen LogP contribution in [0.5, 0.6) is 5.75 Å². The van der Waals surface area contributed by atoms with E-state index in [9.17, 15) is 14.7 Å². The first kappa shape index (κ1) is 20.4. The largest absolute Gasteiger partial charge is 0.497 e. The maximum absolute atomic E-state index is 12.2. The van der Waals surface area contributed by atoms with Crippen LogP contribution >= 0.6 is 0 Å². The molecule has 0 radical (unpaired) electrons. The molecular weight excluding hydrogens is 360 g/mol. The van der Waals surface area contributed by atoms with Crippen molar-refractivity contribution in [1.82, 2.24) is 10.6 Å². The Balaban J connectivity index is 1.47. The van der Waals surface area contributed by atoms with Crippen molar-refractivity contribution in [1.29, 1.82) is 0 Å². The molecule has 3 rings (SSSR count). The van der Waals surface area contributed by atoms with Crippen molar-refractivity contribution in [3.05, 3.63) is 42.0 Å². The van der Waals surface area contributed by atoms with Crippen LogP contribution in [0.4, 0.5) is 0 Å². The summed E-state index contributed by atoms with van der Waals surface area (Å²) in [4.78, 5) is 24.4. The third kappa shape index (κ3) is 5.33. The molecule has 7 heteroatoms. The summed E-state index contributed by atoms with van der Waals surface area (Å²) in [6.07, 6.45) is 5.70. The Hall–Kier alpha value is -2.38. The third-order valence-corrected chi connectivity index (χ3v) is 5.26. The van der Waals surface area contributed by atoms with E-state index < -0.39 is 12.2 Å². The Bertz CT molecular complexity index is 717. The lowest BCUT2D eigenvalue weighted by atomic mass is 9.84. The Morgan fingerprint density at radius 3 is 2.79 bits per heavy atom. The van der Waals surface area contributed by atoms with Gasteiger partial charge in [-0.15, -0.1) is 0 Å². The SMILES string of the molecule is COc1cccc(CNC(=O)C[C@H]2C=C[C@H](NC(=O)C3CCC3)[C@H](CO)O2)c1. The standard InChI is InChI=1S/C21H28N2O5/c1-27-16-7-2-4-14(10-16)12-22-20(25)11-17-8-9-18(19(13-24)28-17)23-21(26)15-5-3-6-15/h2,4,7-10,15,17-19,24H,3,5-6,11-13H2,1H3,(H,22,25)(H,23,26)/t17-,18+,19+/m1/s1. The van der Waals surface area contributed by atoms with Gasteiger partial charge in [-0.2, -0.15) is 0 Å². The van der Waals surface area contributed by atoms with Gasteiger partial charge in [0, 0.05) is 12.5 Å². The van der Waals surface area contributed by atoms with Crippen LogP contribution < -0.4 is 15.4 Å². The first-order valence-corrected chi connectivity index (χ1v) is 9.73. The highest BCUT2D eigenvalue weighted by Crippen LogP contribution is 2.27. The molecule has 1 saturated carbocycles. The molecule has 3 atom stereocenters. The van der Waals surface area contributed by atoms with Crippen molar-refractivity contribution in [3.63, 3.8) is 0 Å². The summed E-state index contributed by atoms with van der Waals surface area (Å²) >= 11 is 0. The monoisotopic (exact) mass is 388 g/mol. The third-order valence-electron chi connectivity index (χ3n) is 5.26. The summed E-state index contributed by atoms with van der Waals surface area (Å²) in [6, 6.07) is 7.14. The number of ether oxygens (including phenoxy) is 2. The number of aliphatic hydroxyl groups is 1. The van der Waals surface area contributed by atoms with Gasteiger partial charge in [0.05, 0.1) is 32.3 Å². The van der Waals surface area contributed by atoms with Crippen LogP contribution in [0.1, 0.15) is 31.2 Å². The van der Waals surface area contributed by atoms with Crippen LogP contribution in [0.3, 0.4) is 0 Å². The van der Waals surface area contributed by atoms with Crippen molar-refractivity contribution in [2.24, 2.45) is 5.92 Å². The fourth-order valence-electron chi connectivity index (χ4n) is 3.33. The molecule has 0 saturated heterocycles. The van der Waals surface area contributed by atoms with Gasteiger partial charge in [-0.25, -0.2) is 0 Å². The van der Waals surface area contributed by atoms with E-state index in [4.69, 9.17) is 9.47 Å². The van der Waals surface area contributed by atoms with Crippen molar-refractivity contribution >= 4 is 11.8 Å². The lowest BCUT2D eigenvalue weighted by molar-refractivity contribution is -0.132. The van der Waals surface area contributed by atoms with Crippen LogP contribution in [0, 0.1) is 5.92 Å². The molecule has 0 spiro atoms. The van der Waals surface area contributed by atoms with E-state index in [1.165, 1.54) is 0 Å². The lowest BCUT2D eigenvalue weighted by Crippen LogP contribution is -2.51. The lowest BCUT2D eigenvalue weighted by Gasteiger charge is -2.33. The zero-order valence-electron chi connectivity index (χ0n) is 16.1. The molecule has 1 aliphatic carbocycles. The summed E-state index contributed by atoms with van der Waals surface area (Å²) in [6.45, 7) is 0.178. The van der Waals surface area contributed by atoms with Gasteiger partial charge in [0.2, 0.25) is 11.8 Å². The van der Waals surface area contributed by atoms with Crippen LogP contribution in [0.25, 0.3) is 0 Å². The topological polar surface area (TPSA) is 96.9 Å². The Morgan fingerprint density at radius 2 is 2.11 bits per heavy atom. The number of methoxy groups -OCH3 is 1. The molecule has 1 heterocycles. The molecule has 0 bridgehead atoms. The number of hydrogen-bond acceptors (Lipinski definition) is 5. The normalized spacial score (nSPS) is 24.3. The first-order chi connectivity index (χ1) is 13.6. The number of carbonyl (C=O) groups excluding carboxylic acids is 2. The molecule has 1 aromatic carbocycles. The summed E-state index contributed by atoms with van der Waals surface area (Å²) < 4.78 is 11.0. The summed E-state index contributed by atoms with van der Waals surface area (Å²) in [5, 5.41) is 15.4. The molecular formula is C21H28N2O5. The highest BCUT2D eigenvalue weighted by molar-refractivity contribution is 5.80. The van der Waals surface area contributed by atoms with E-state index in [0.29, 0.717) is 6.54 Å². The highest BCUT2D eigenvalue weighted by atomic mass is 16.5. The minimum atomic E-state index is -0.551. The van der Waals surface area contributed by atoms with E-state index in [1.54, 1.807) is 13.2 Å². The van der Waals surface area contributed by atoms with Gasteiger partial charge >= 0.3 is 0 Å². The minimum absolute atomic E-state index is 0.0115. The number of carbonyl (C=O) groups is 2. The zero-order chi connectivity index (χ0) is 19.9. The fraction of sp³-hybridized carbons (Fsp3) is 0.524. The zero-order valence-corrected chi connectivity index (χ0v) is 16.1. The van der Waals surface area contributed by atoms with E-state index in [-0.39, 0.29) is 36.8 Å². The number of rotatable bonds is 8. The molecule has 1 fully saturated rings. The maximum Gasteiger partial charge on any atom is 0.223 e. The van der Waals surface area contributed by atoms with Crippen LogP contribution in [-0.2, 0) is 20.9 Å². The maximum atomic E-state index is 12.2. The van der Waals surface area contributed by atoms with Crippen molar-refractivity contribution < 1.29 is 24.2 Å². The summed E-state index contributed by atoms with van der Waals surface area (Å²) in [7, 11) is 1.60. The van der Waals surface area contributed by atoms with E-state index in [2.05, 4.69) is 10.6 Å². The summed E-state index contributed by atoms with van der Waals surface area (Å²) in [5.41, 5.74) is 0.944. The van der Waals surface area contributed by atoms with Crippen LogP contribution in [0.2, 0.25) is 0 Å². The van der Waals surface area contributed by atoms with Gasteiger partial charge < -0.3 is 25.2 Å². The van der Waals surface area contributed by atoms with Crippen molar-refractivity contribution in [3.8, 4) is 5.75 Å². The fourth-order valence-corrected chi connectivity index (χ4v) is 3.33. The Kier molecular flexibility index (Phi) is 7.06. The number of benzene rings is 1.